The van der Waals surface area contributed by atoms with Gasteiger partial charge in [0, 0.05) is 12.4 Å². The van der Waals surface area contributed by atoms with Crippen molar-refractivity contribution in [2.45, 2.75) is 4.90 Å². The zero-order valence-corrected chi connectivity index (χ0v) is 16.3. The van der Waals surface area contributed by atoms with E-state index in [4.69, 9.17) is 9.97 Å². The van der Waals surface area contributed by atoms with Crippen LogP contribution in [0.4, 0.5) is 0 Å². The molecule has 0 radical (unpaired) electrons. The van der Waals surface area contributed by atoms with Gasteiger partial charge in [0.05, 0.1) is 27.3 Å². The number of hydrogen-bond acceptors (Lipinski definition) is 6. The van der Waals surface area contributed by atoms with Crippen molar-refractivity contribution in [3.8, 4) is 22.8 Å². The summed E-state index contributed by atoms with van der Waals surface area (Å²) in [6.07, 6.45) is 3.38. The summed E-state index contributed by atoms with van der Waals surface area (Å²) in [5.74, 6) is 0. The Kier molecular flexibility index (Phi) is 5.83. The molecular weight excluding hydrogens is 423 g/mol. The van der Waals surface area contributed by atoms with Crippen molar-refractivity contribution in [2.24, 2.45) is 0 Å². The van der Waals surface area contributed by atoms with Gasteiger partial charge in [0.15, 0.2) is 0 Å². The molecule has 0 aliphatic carbocycles. The predicted octanol–water partition coefficient (Wildman–Crippen LogP) is 3.51. The molecule has 5 rings (SSSR count). The monoisotopic (exact) mass is 438 g/mol. The van der Waals surface area contributed by atoms with Gasteiger partial charge < -0.3 is 0 Å². The molecule has 0 unspecified atom stereocenters. The van der Waals surface area contributed by atoms with E-state index < -0.39 is 10.1 Å². The van der Waals surface area contributed by atoms with Crippen LogP contribution in [0.2, 0.25) is 0 Å². The van der Waals surface area contributed by atoms with Crippen molar-refractivity contribution in [3.63, 3.8) is 0 Å². The molecule has 0 aliphatic heterocycles. The van der Waals surface area contributed by atoms with Crippen molar-refractivity contribution in [1.82, 2.24) is 19.9 Å². The topological polar surface area (TPSA) is 106 Å². The Labute approximate surface area is 200 Å². The third-order valence-corrected chi connectivity index (χ3v) is 5.56. The van der Waals surface area contributed by atoms with Crippen molar-refractivity contribution in [3.05, 3.63) is 79.1 Å². The molecule has 2 aromatic carbocycles. The van der Waals surface area contributed by atoms with Crippen LogP contribution in [-0.4, -0.2) is 62.5 Å². The van der Waals surface area contributed by atoms with Crippen LogP contribution < -0.4 is 0 Å². The molecule has 5 aromatic rings. The van der Waals surface area contributed by atoms with Gasteiger partial charge in [-0.25, -0.2) is 9.97 Å². The van der Waals surface area contributed by atoms with Gasteiger partial charge in [-0.15, -0.1) is 0 Å². The maximum atomic E-state index is 11.5. The first-order chi connectivity index (χ1) is 14.5. The Balaban J connectivity index is 0.00000231. The first-order valence-electron chi connectivity index (χ1n) is 9.05. The minimum atomic E-state index is -4.30. The molecule has 0 bridgehead atoms. The molecule has 0 saturated carbocycles. The number of hydrogen-bond donors (Lipinski definition) is 1. The van der Waals surface area contributed by atoms with E-state index in [9.17, 15) is 13.0 Å². The molecule has 1 N–H and O–H groups in total. The summed E-state index contributed by atoms with van der Waals surface area (Å²) in [5.41, 5.74) is 3.73. The molecule has 0 spiro atoms. The molecule has 0 amide bonds. The van der Waals surface area contributed by atoms with E-state index in [1.54, 1.807) is 24.5 Å². The van der Waals surface area contributed by atoms with Gasteiger partial charge in [0.2, 0.25) is 0 Å². The van der Waals surface area contributed by atoms with E-state index >= 15 is 0 Å². The SMILES string of the molecule is O=S(=O)(O)c1ccc2cc3nc(-c4ccccn4)c(-c4ccccn4)nc3cc2c1.[NaH]. The van der Waals surface area contributed by atoms with E-state index in [0.29, 0.717) is 39.2 Å². The standard InChI is InChI=1S/C22H14N4O3S.Na.H/c27-30(28,29)16-8-7-14-12-19-20(13-15(14)11-16)26-22(18-6-2-4-10-24-18)21(25-19)17-5-1-3-9-23-17;;/h1-13H,(H,27,28,29);;. The van der Waals surface area contributed by atoms with Crippen molar-refractivity contribution in [2.75, 3.05) is 0 Å². The average Bonchev–Trinajstić information content (AvgIpc) is 2.77. The molecule has 0 fully saturated rings. The predicted molar refractivity (Wildman–Crippen MR) is 120 cm³/mol. The number of fused-ring (bicyclic) bond motifs is 2. The first kappa shape index (κ1) is 21.5. The van der Waals surface area contributed by atoms with Gasteiger partial charge in [-0.2, -0.15) is 8.42 Å². The van der Waals surface area contributed by atoms with Crippen LogP contribution >= 0.6 is 0 Å². The normalized spacial score (nSPS) is 11.4. The van der Waals surface area contributed by atoms with Gasteiger partial charge >= 0.3 is 29.6 Å². The second-order valence-corrected chi connectivity index (χ2v) is 8.10. The fourth-order valence-electron chi connectivity index (χ4n) is 3.30. The molecule has 31 heavy (non-hydrogen) atoms. The molecule has 3 aromatic heterocycles. The number of rotatable bonds is 3. The summed E-state index contributed by atoms with van der Waals surface area (Å²) in [6.45, 7) is 0. The van der Waals surface area contributed by atoms with Gasteiger partial charge in [0.1, 0.15) is 11.4 Å². The second kappa shape index (κ2) is 8.41. The summed E-state index contributed by atoms with van der Waals surface area (Å²) in [5, 5.41) is 1.41. The van der Waals surface area contributed by atoms with Crippen LogP contribution in [0.15, 0.2) is 84.0 Å². The van der Waals surface area contributed by atoms with E-state index in [1.807, 2.05) is 42.5 Å². The molecular formula is C22H15N4NaO3S. The van der Waals surface area contributed by atoms with Gasteiger partial charge in [-0.1, -0.05) is 18.2 Å². The number of nitrogens with zero attached hydrogens (tertiary/aromatic N) is 4. The van der Waals surface area contributed by atoms with Crippen molar-refractivity contribution in [1.29, 1.82) is 0 Å². The van der Waals surface area contributed by atoms with E-state index in [0.717, 1.165) is 5.39 Å². The summed E-state index contributed by atoms with van der Waals surface area (Å²) in [7, 11) is -4.30. The number of pyridine rings is 2. The average molecular weight is 438 g/mol. The van der Waals surface area contributed by atoms with Crippen LogP contribution in [0.5, 0.6) is 0 Å². The Hall–Kier alpha value is -2.75. The Bertz CT molecular complexity index is 1510. The van der Waals surface area contributed by atoms with E-state index in [-0.39, 0.29) is 34.5 Å². The molecule has 7 nitrogen and oxygen atoms in total. The Morgan fingerprint density at radius 1 is 0.677 bits per heavy atom. The number of aromatic nitrogens is 4. The molecule has 9 heteroatoms. The fraction of sp³-hybridized carbons (Fsp3) is 0. The first-order valence-corrected chi connectivity index (χ1v) is 10.5. The molecule has 0 atom stereocenters. The van der Waals surface area contributed by atoms with Gasteiger partial charge in [-0.05, 0) is 59.3 Å². The Morgan fingerprint density at radius 3 is 1.71 bits per heavy atom. The van der Waals surface area contributed by atoms with Crippen LogP contribution in [0.3, 0.4) is 0 Å². The molecule has 0 aliphatic rings. The van der Waals surface area contributed by atoms with Crippen LogP contribution in [0.1, 0.15) is 0 Å². The maximum absolute atomic E-state index is 11.5. The number of benzene rings is 2. The quantitative estimate of drug-likeness (QED) is 0.261. The summed E-state index contributed by atoms with van der Waals surface area (Å²) >= 11 is 0. The summed E-state index contributed by atoms with van der Waals surface area (Å²) in [4.78, 5) is 18.3. The summed E-state index contributed by atoms with van der Waals surface area (Å²) in [6, 6.07) is 19.1. The summed E-state index contributed by atoms with van der Waals surface area (Å²) < 4.78 is 32.3. The molecule has 3 heterocycles. The minimum absolute atomic E-state index is 0. The van der Waals surface area contributed by atoms with E-state index in [1.165, 1.54) is 12.1 Å². The fourth-order valence-corrected chi connectivity index (χ4v) is 3.82. The van der Waals surface area contributed by atoms with Crippen LogP contribution in [-0.2, 0) is 10.1 Å². The van der Waals surface area contributed by atoms with Crippen LogP contribution in [0.25, 0.3) is 44.6 Å². The van der Waals surface area contributed by atoms with Gasteiger partial charge in [0.25, 0.3) is 10.1 Å². The Morgan fingerprint density at radius 2 is 1.23 bits per heavy atom. The van der Waals surface area contributed by atoms with Crippen LogP contribution in [0, 0.1) is 0 Å². The van der Waals surface area contributed by atoms with E-state index in [2.05, 4.69) is 9.97 Å². The second-order valence-electron chi connectivity index (χ2n) is 6.68. The van der Waals surface area contributed by atoms with Crippen molar-refractivity contribution < 1.29 is 13.0 Å². The zero-order valence-electron chi connectivity index (χ0n) is 15.5. The zero-order chi connectivity index (χ0) is 20.7. The molecule has 0 saturated heterocycles. The van der Waals surface area contributed by atoms with Crippen molar-refractivity contribution >= 4 is 61.5 Å². The third kappa shape index (κ3) is 4.21. The van der Waals surface area contributed by atoms with Gasteiger partial charge in [-0.3, -0.25) is 14.5 Å². The molecule has 148 valence electrons. The third-order valence-electron chi connectivity index (χ3n) is 4.71.